The van der Waals surface area contributed by atoms with Gasteiger partial charge in [-0.1, -0.05) is 11.6 Å². The molecule has 176 valence electrons. The highest BCUT2D eigenvalue weighted by Crippen LogP contribution is 2.42. The molecule has 6 nitrogen and oxygen atoms in total. The second-order valence-electron chi connectivity index (χ2n) is 8.81. The van der Waals surface area contributed by atoms with Crippen LogP contribution >= 0.6 is 11.6 Å². The Morgan fingerprint density at radius 3 is 2.65 bits per heavy atom. The number of H-pyrrole nitrogens is 1. The van der Waals surface area contributed by atoms with E-state index in [2.05, 4.69) is 9.97 Å². The van der Waals surface area contributed by atoms with Crippen molar-refractivity contribution in [1.82, 2.24) is 15.0 Å². The number of aliphatic hydroxyl groups is 1. The molecular formula is C25H24ClF2N5O. The summed E-state index contributed by atoms with van der Waals surface area (Å²) >= 11 is 6.17. The van der Waals surface area contributed by atoms with E-state index in [-0.39, 0.29) is 16.9 Å². The van der Waals surface area contributed by atoms with E-state index < -0.39 is 11.9 Å². The van der Waals surface area contributed by atoms with Crippen molar-refractivity contribution >= 4 is 28.3 Å². The zero-order valence-corrected chi connectivity index (χ0v) is 19.5. The molecule has 2 aromatic heterocycles. The highest BCUT2D eigenvalue weighted by Gasteiger charge is 2.30. The molecule has 4 N–H and O–H groups in total. The Kier molecular flexibility index (Phi) is 5.75. The van der Waals surface area contributed by atoms with Gasteiger partial charge in [0.05, 0.1) is 34.1 Å². The number of hydrogen-bond acceptors (Lipinski definition) is 5. The maximum atomic E-state index is 14.3. The number of aromatic nitrogens is 3. The van der Waals surface area contributed by atoms with Crippen LogP contribution in [0.1, 0.15) is 17.7 Å². The first kappa shape index (κ1) is 22.7. The summed E-state index contributed by atoms with van der Waals surface area (Å²) in [4.78, 5) is 14.6. The van der Waals surface area contributed by atoms with Crippen LogP contribution in [-0.2, 0) is 0 Å². The largest absolute Gasteiger partial charge is 0.390 e. The third-order valence-corrected chi connectivity index (χ3v) is 6.56. The quantitative estimate of drug-likeness (QED) is 0.391. The minimum Gasteiger partial charge on any atom is -0.390 e. The molecule has 2 aromatic carbocycles. The zero-order chi connectivity index (χ0) is 24.1. The Morgan fingerprint density at radius 1 is 1.15 bits per heavy atom. The van der Waals surface area contributed by atoms with Crippen molar-refractivity contribution in [3.8, 4) is 22.5 Å². The maximum Gasteiger partial charge on any atom is 0.142 e. The number of halogens is 3. The Morgan fingerprint density at radius 2 is 1.91 bits per heavy atom. The van der Waals surface area contributed by atoms with Gasteiger partial charge < -0.3 is 20.7 Å². The highest BCUT2D eigenvalue weighted by molar-refractivity contribution is 6.30. The lowest BCUT2D eigenvalue weighted by atomic mass is 9.96. The topological polar surface area (TPSA) is 91.1 Å². The van der Waals surface area contributed by atoms with Crippen LogP contribution in [-0.4, -0.2) is 45.3 Å². The molecular weight excluding hydrogens is 460 g/mol. The minimum absolute atomic E-state index is 0.263. The van der Waals surface area contributed by atoms with Crippen molar-refractivity contribution in [1.29, 1.82) is 0 Å². The number of nitrogens with zero attached hydrogens (tertiary/aromatic N) is 3. The van der Waals surface area contributed by atoms with E-state index in [1.54, 1.807) is 19.2 Å². The van der Waals surface area contributed by atoms with Crippen molar-refractivity contribution in [3.05, 3.63) is 64.4 Å². The number of nitrogens with two attached hydrogens (primary N) is 1. The zero-order valence-electron chi connectivity index (χ0n) is 18.7. The predicted molar refractivity (Wildman–Crippen MR) is 130 cm³/mol. The van der Waals surface area contributed by atoms with Gasteiger partial charge in [0.1, 0.15) is 17.5 Å². The molecule has 0 saturated carbocycles. The van der Waals surface area contributed by atoms with Gasteiger partial charge >= 0.3 is 0 Å². The molecule has 5 rings (SSSR count). The number of rotatable bonds is 3. The fourth-order valence-corrected chi connectivity index (χ4v) is 4.87. The number of benzene rings is 2. The molecule has 0 bridgehead atoms. The number of fused-ring (bicyclic) bond motifs is 1. The molecule has 4 aromatic rings. The summed E-state index contributed by atoms with van der Waals surface area (Å²) in [6, 6.07) is 6.83. The van der Waals surface area contributed by atoms with Gasteiger partial charge in [-0.05, 0) is 61.7 Å². The predicted octanol–water partition coefficient (Wildman–Crippen LogP) is 4.74. The summed E-state index contributed by atoms with van der Waals surface area (Å²) in [7, 11) is 0. The molecule has 0 aliphatic carbocycles. The molecule has 0 spiro atoms. The van der Waals surface area contributed by atoms with Gasteiger partial charge in [-0.3, -0.25) is 4.98 Å². The molecule has 1 aliphatic rings. The number of aromatic amines is 1. The normalized spacial score (nSPS) is 18.6. The van der Waals surface area contributed by atoms with Crippen LogP contribution < -0.4 is 10.6 Å². The third kappa shape index (κ3) is 4.02. The van der Waals surface area contributed by atoms with Gasteiger partial charge in [0.15, 0.2) is 0 Å². The number of nitrogens with one attached hydrogen (secondary N) is 1. The smallest absolute Gasteiger partial charge is 0.142 e. The molecule has 1 aliphatic heterocycles. The molecule has 9 heteroatoms. The Labute approximate surface area is 200 Å². The van der Waals surface area contributed by atoms with Gasteiger partial charge in [-0.2, -0.15) is 0 Å². The number of imidazole rings is 1. The minimum atomic E-state index is -0.731. The van der Waals surface area contributed by atoms with Crippen molar-refractivity contribution in [3.63, 3.8) is 0 Å². The first-order valence-corrected chi connectivity index (χ1v) is 11.4. The fourth-order valence-electron chi connectivity index (χ4n) is 4.64. The standard InChI is InChI=1S/C25H24ClF2N5O/c1-12-5-16(27)9-20-23(12)32-25(31-20)22-13(2)30-10-18(14-6-15(26)8-17(28)7-14)24(22)33-4-3-19(29)21(34)11-33/h5-10,19,21,34H,3-4,11,29H2,1-2H3,(H,31,32)/t19-,21+/m1/s1. The molecule has 1 fully saturated rings. The summed E-state index contributed by atoms with van der Waals surface area (Å²) in [6.07, 6.45) is 1.52. The van der Waals surface area contributed by atoms with E-state index in [9.17, 15) is 13.9 Å². The van der Waals surface area contributed by atoms with E-state index in [0.717, 1.165) is 5.69 Å². The number of aliphatic hydroxyl groups excluding tert-OH is 1. The maximum absolute atomic E-state index is 14.3. The average molecular weight is 484 g/mol. The number of pyridine rings is 1. The summed E-state index contributed by atoms with van der Waals surface area (Å²) in [6.45, 7) is 4.53. The second kappa shape index (κ2) is 8.61. The Bertz CT molecular complexity index is 1390. The van der Waals surface area contributed by atoms with Crippen LogP contribution in [0.5, 0.6) is 0 Å². The van der Waals surface area contributed by atoms with Crippen LogP contribution in [0.2, 0.25) is 5.02 Å². The van der Waals surface area contributed by atoms with E-state index in [4.69, 9.17) is 22.3 Å². The van der Waals surface area contributed by atoms with E-state index in [1.807, 2.05) is 11.8 Å². The van der Waals surface area contributed by atoms with E-state index >= 15 is 0 Å². The summed E-state index contributed by atoms with van der Waals surface area (Å²) < 4.78 is 28.3. The lowest BCUT2D eigenvalue weighted by Crippen LogP contribution is -2.51. The number of piperidine rings is 1. The van der Waals surface area contributed by atoms with Gasteiger partial charge in [0.25, 0.3) is 0 Å². The summed E-state index contributed by atoms with van der Waals surface area (Å²) in [5, 5.41) is 10.8. The van der Waals surface area contributed by atoms with Crippen molar-refractivity contribution in [2.45, 2.75) is 32.4 Å². The number of anilines is 1. The van der Waals surface area contributed by atoms with Crippen molar-refractivity contribution in [2.75, 3.05) is 18.0 Å². The molecule has 1 saturated heterocycles. The van der Waals surface area contributed by atoms with Gasteiger partial charge in [0.2, 0.25) is 0 Å². The number of hydrogen-bond donors (Lipinski definition) is 3. The van der Waals surface area contributed by atoms with Gasteiger partial charge in [0, 0.05) is 35.9 Å². The number of β-amino-alcohol motifs (C(OH)–C–C–N with tert-alkyl or cyclic N) is 1. The van der Waals surface area contributed by atoms with E-state index in [1.165, 1.54) is 24.3 Å². The van der Waals surface area contributed by atoms with Crippen LogP contribution in [0.4, 0.5) is 14.5 Å². The Balaban J connectivity index is 1.78. The average Bonchev–Trinajstić information content (AvgIpc) is 3.18. The molecule has 0 amide bonds. The monoisotopic (exact) mass is 483 g/mol. The first-order chi connectivity index (χ1) is 16.2. The lowest BCUT2D eigenvalue weighted by Gasteiger charge is -2.37. The van der Waals surface area contributed by atoms with Gasteiger partial charge in [-0.25, -0.2) is 13.8 Å². The summed E-state index contributed by atoms with van der Waals surface area (Å²) in [5.41, 5.74) is 11.3. The molecule has 0 unspecified atom stereocenters. The van der Waals surface area contributed by atoms with Crippen LogP contribution in [0, 0.1) is 25.5 Å². The highest BCUT2D eigenvalue weighted by atomic mass is 35.5. The molecule has 0 radical (unpaired) electrons. The van der Waals surface area contributed by atoms with Crippen molar-refractivity contribution < 1.29 is 13.9 Å². The van der Waals surface area contributed by atoms with Gasteiger partial charge in [-0.15, -0.1) is 0 Å². The van der Waals surface area contributed by atoms with Crippen LogP contribution in [0.15, 0.2) is 36.5 Å². The fraction of sp³-hybridized carbons (Fsp3) is 0.280. The lowest BCUT2D eigenvalue weighted by molar-refractivity contribution is 0.132. The molecule has 34 heavy (non-hydrogen) atoms. The van der Waals surface area contributed by atoms with Crippen LogP contribution in [0.25, 0.3) is 33.5 Å². The van der Waals surface area contributed by atoms with E-state index in [0.29, 0.717) is 64.3 Å². The second-order valence-corrected chi connectivity index (χ2v) is 9.25. The van der Waals surface area contributed by atoms with Crippen LogP contribution in [0.3, 0.4) is 0 Å². The molecule has 2 atom stereocenters. The summed E-state index contributed by atoms with van der Waals surface area (Å²) in [5.74, 6) is -0.310. The number of aryl methyl sites for hydroxylation is 2. The first-order valence-electron chi connectivity index (χ1n) is 11.0. The Hall–Kier alpha value is -3.07. The SMILES string of the molecule is Cc1ncc(-c2cc(F)cc(Cl)c2)c(N2CC[C@@H](N)[C@@H](O)C2)c1-c1nc2c(C)cc(F)cc2[nH]1. The third-order valence-electron chi connectivity index (χ3n) is 6.34. The molecule has 3 heterocycles. The van der Waals surface area contributed by atoms with Crippen molar-refractivity contribution in [2.24, 2.45) is 5.73 Å².